The van der Waals surface area contributed by atoms with Crippen molar-refractivity contribution in [1.82, 2.24) is 14.9 Å². The van der Waals surface area contributed by atoms with Gasteiger partial charge < -0.3 is 20.5 Å². The van der Waals surface area contributed by atoms with E-state index < -0.39 is 5.82 Å². The highest BCUT2D eigenvalue weighted by molar-refractivity contribution is 6.30. The number of aliphatic hydroxyl groups excluding tert-OH is 1. The lowest BCUT2D eigenvalue weighted by Crippen LogP contribution is -2.30. The molecule has 1 amide bonds. The number of amides is 1. The van der Waals surface area contributed by atoms with Gasteiger partial charge in [-0.25, -0.2) is 14.4 Å². The number of carbonyl (C=O) groups excluding carboxylic acids is 1. The Labute approximate surface area is 160 Å². The van der Waals surface area contributed by atoms with Crippen molar-refractivity contribution in [3.05, 3.63) is 58.5 Å². The van der Waals surface area contributed by atoms with Crippen molar-refractivity contribution in [3.8, 4) is 5.75 Å². The number of halogens is 2. The maximum Gasteiger partial charge on any atom is 0.258 e. The first-order valence-corrected chi connectivity index (χ1v) is 8.65. The molecule has 1 aromatic heterocycles. The average molecular weight is 393 g/mol. The lowest BCUT2D eigenvalue weighted by molar-refractivity contribution is 0.0794. The van der Waals surface area contributed by atoms with Crippen LogP contribution in [0.4, 0.5) is 4.39 Å². The fourth-order valence-corrected chi connectivity index (χ4v) is 2.78. The number of aliphatic hydroxyl groups is 1. The summed E-state index contributed by atoms with van der Waals surface area (Å²) in [6, 6.07) is 3.72. The predicted molar refractivity (Wildman–Crippen MR) is 97.7 cm³/mol. The van der Waals surface area contributed by atoms with Gasteiger partial charge in [-0.15, -0.1) is 0 Å². The summed E-state index contributed by atoms with van der Waals surface area (Å²) in [7, 11) is 0. The molecule has 2 heterocycles. The number of hydrogen-bond acceptors (Lipinski definition) is 6. The van der Waals surface area contributed by atoms with Gasteiger partial charge in [0.05, 0.1) is 30.3 Å². The van der Waals surface area contributed by atoms with E-state index in [0.29, 0.717) is 28.5 Å². The zero-order valence-corrected chi connectivity index (χ0v) is 15.1. The maximum atomic E-state index is 13.6. The van der Waals surface area contributed by atoms with Crippen LogP contribution in [0.15, 0.2) is 36.3 Å². The Morgan fingerprint density at radius 2 is 2.07 bits per heavy atom. The number of benzene rings is 1. The molecule has 1 aliphatic rings. The predicted octanol–water partition coefficient (Wildman–Crippen LogP) is 1.86. The van der Waals surface area contributed by atoms with E-state index in [0.717, 1.165) is 6.07 Å². The van der Waals surface area contributed by atoms with Crippen molar-refractivity contribution >= 4 is 23.1 Å². The van der Waals surface area contributed by atoms with Crippen molar-refractivity contribution in [2.45, 2.75) is 6.42 Å². The second-order valence-corrected chi connectivity index (χ2v) is 6.39. The molecule has 142 valence electrons. The van der Waals surface area contributed by atoms with Crippen LogP contribution in [0.2, 0.25) is 5.02 Å². The van der Waals surface area contributed by atoms with Gasteiger partial charge in [0, 0.05) is 42.8 Å². The van der Waals surface area contributed by atoms with Crippen LogP contribution in [0.25, 0.3) is 5.57 Å². The maximum absolute atomic E-state index is 13.6. The van der Waals surface area contributed by atoms with E-state index in [2.05, 4.69) is 9.97 Å². The monoisotopic (exact) mass is 392 g/mol. The molecule has 0 atom stereocenters. The van der Waals surface area contributed by atoms with Crippen LogP contribution in [0.3, 0.4) is 0 Å². The van der Waals surface area contributed by atoms with Gasteiger partial charge in [0.2, 0.25) is 0 Å². The summed E-state index contributed by atoms with van der Waals surface area (Å²) in [4.78, 5) is 22.7. The van der Waals surface area contributed by atoms with E-state index in [1.165, 1.54) is 29.4 Å². The van der Waals surface area contributed by atoms with E-state index >= 15 is 0 Å². The molecule has 7 nitrogen and oxygen atoms in total. The minimum Gasteiger partial charge on any atom is -0.493 e. The SMILES string of the molecule is NC1=C(c2ncc(Cl)cn2)CN(C(=O)c2ccc(F)cc2OCCCO)C1. The first-order chi connectivity index (χ1) is 13.0. The minimum atomic E-state index is -0.514. The van der Waals surface area contributed by atoms with Gasteiger partial charge in [-0.1, -0.05) is 11.6 Å². The standard InChI is InChI=1S/C18H18ClFN4O3/c19-11-7-22-17(23-8-11)14-9-24(10-15(14)21)18(26)13-3-2-12(20)6-16(13)27-5-1-4-25/h2-3,6-8,25H,1,4-5,9-10,21H2. The second-order valence-electron chi connectivity index (χ2n) is 5.96. The molecule has 1 aliphatic heterocycles. The molecule has 2 aromatic rings. The topological polar surface area (TPSA) is 102 Å². The Hall–Kier alpha value is -2.71. The highest BCUT2D eigenvalue weighted by atomic mass is 35.5. The molecule has 3 rings (SSSR count). The highest BCUT2D eigenvalue weighted by Gasteiger charge is 2.29. The summed E-state index contributed by atoms with van der Waals surface area (Å²) < 4.78 is 19.0. The number of carbonyl (C=O) groups is 1. The van der Waals surface area contributed by atoms with Gasteiger partial charge in [-0.2, -0.15) is 0 Å². The first-order valence-electron chi connectivity index (χ1n) is 8.27. The van der Waals surface area contributed by atoms with Crippen molar-refractivity contribution < 1.29 is 19.0 Å². The largest absolute Gasteiger partial charge is 0.493 e. The number of nitrogens with zero attached hydrogens (tertiary/aromatic N) is 3. The molecule has 0 radical (unpaired) electrons. The van der Waals surface area contributed by atoms with E-state index in [9.17, 15) is 9.18 Å². The average Bonchev–Trinajstić information content (AvgIpc) is 3.04. The van der Waals surface area contributed by atoms with Gasteiger partial charge in [-0.3, -0.25) is 4.79 Å². The molecule has 9 heteroatoms. The van der Waals surface area contributed by atoms with Crippen LogP contribution in [0.5, 0.6) is 5.75 Å². The fourth-order valence-electron chi connectivity index (χ4n) is 2.68. The highest BCUT2D eigenvalue weighted by Crippen LogP contribution is 2.27. The number of aromatic nitrogens is 2. The van der Waals surface area contributed by atoms with Gasteiger partial charge >= 0.3 is 0 Å². The normalized spacial score (nSPS) is 14.0. The van der Waals surface area contributed by atoms with Crippen molar-refractivity contribution in [2.75, 3.05) is 26.3 Å². The molecule has 0 aliphatic carbocycles. The number of rotatable bonds is 6. The van der Waals surface area contributed by atoms with Crippen molar-refractivity contribution in [1.29, 1.82) is 0 Å². The summed E-state index contributed by atoms with van der Waals surface area (Å²) in [6.07, 6.45) is 3.30. The molecule has 0 saturated carbocycles. The molecule has 0 saturated heterocycles. The fraction of sp³-hybridized carbons (Fsp3) is 0.278. The third-order valence-electron chi connectivity index (χ3n) is 4.01. The number of ether oxygens (including phenoxy) is 1. The molecule has 0 fully saturated rings. The summed E-state index contributed by atoms with van der Waals surface area (Å²) in [5, 5.41) is 9.27. The van der Waals surface area contributed by atoms with E-state index in [1.807, 2.05) is 0 Å². The summed E-state index contributed by atoms with van der Waals surface area (Å²) in [5.74, 6) is -0.324. The summed E-state index contributed by atoms with van der Waals surface area (Å²) >= 11 is 5.80. The Bertz CT molecular complexity index is 873. The van der Waals surface area contributed by atoms with E-state index in [4.69, 9.17) is 27.2 Å². The zero-order valence-electron chi connectivity index (χ0n) is 14.4. The zero-order chi connectivity index (χ0) is 19.4. The van der Waals surface area contributed by atoms with Gasteiger partial charge in [0.25, 0.3) is 5.91 Å². The van der Waals surface area contributed by atoms with E-state index in [-0.39, 0.29) is 43.5 Å². The molecule has 0 bridgehead atoms. The molecular formula is C18H18ClFN4O3. The minimum absolute atomic E-state index is 0.0599. The summed E-state index contributed by atoms with van der Waals surface area (Å²) in [5.41, 5.74) is 7.42. The van der Waals surface area contributed by atoms with Crippen LogP contribution >= 0.6 is 11.6 Å². The van der Waals surface area contributed by atoms with Gasteiger partial charge in [0.1, 0.15) is 11.6 Å². The molecule has 3 N–H and O–H groups in total. The first kappa shape index (κ1) is 19.1. The third kappa shape index (κ3) is 4.35. The van der Waals surface area contributed by atoms with E-state index in [1.54, 1.807) is 0 Å². The quantitative estimate of drug-likeness (QED) is 0.727. The Kier molecular flexibility index (Phi) is 5.88. The van der Waals surface area contributed by atoms with Crippen LogP contribution < -0.4 is 10.5 Å². The van der Waals surface area contributed by atoms with Gasteiger partial charge in [-0.05, 0) is 12.1 Å². The second kappa shape index (κ2) is 8.32. The van der Waals surface area contributed by atoms with Crippen LogP contribution in [-0.4, -0.2) is 52.2 Å². The summed E-state index contributed by atoms with van der Waals surface area (Å²) in [6.45, 7) is 0.535. The molecule has 0 spiro atoms. The lowest BCUT2D eigenvalue weighted by Gasteiger charge is -2.18. The van der Waals surface area contributed by atoms with Crippen molar-refractivity contribution in [3.63, 3.8) is 0 Å². The van der Waals surface area contributed by atoms with Crippen LogP contribution in [-0.2, 0) is 0 Å². The van der Waals surface area contributed by atoms with Crippen molar-refractivity contribution in [2.24, 2.45) is 5.73 Å². The molecule has 0 unspecified atom stereocenters. The lowest BCUT2D eigenvalue weighted by atomic mass is 10.1. The molecular weight excluding hydrogens is 375 g/mol. The van der Waals surface area contributed by atoms with Gasteiger partial charge in [0.15, 0.2) is 5.82 Å². The Balaban J connectivity index is 1.78. The van der Waals surface area contributed by atoms with Crippen LogP contribution in [0, 0.1) is 5.82 Å². The van der Waals surface area contributed by atoms with Crippen LogP contribution in [0.1, 0.15) is 22.6 Å². The smallest absolute Gasteiger partial charge is 0.258 e. The number of nitrogens with two attached hydrogens (primary N) is 1. The number of hydrogen-bond donors (Lipinski definition) is 2. The molecule has 1 aromatic carbocycles. The Morgan fingerprint density at radius 3 is 2.78 bits per heavy atom. The Morgan fingerprint density at radius 1 is 1.33 bits per heavy atom. The molecule has 27 heavy (non-hydrogen) atoms. The third-order valence-corrected chi connectivity index (χ3v) is 4.20.